The summed E-state index contributed by atoms with van der Waals surface area (Å²) in [6.07, 6.45) is 6.83. The van der Waals surface area contributed by atoms with Gasteiger partial charge in [-0.25, -0.2) is 0 Å². The maximum absolute atomic E-state index is 3.68. The maximum Gasteiger partial charge on any atom is -0.0159 e. The molecule has 0 N–H and O–H groups in total. The molecule has 0 heterocycles. The zero-order valence-electron chi connectivity index (χ0n) is 8.14. The van der Waals surface area contributed by atoms with Gasteiger partial charge in [0.05, 0.1) is 0 Å². The molecule has 0 nitrogen and oxygen atoms in total. The van der Waals surface area contributed by atoms with Gasteiger partial charge in [-0.1, -0.05) is 31.7 Å². The Balaban J connectivity index is 2.40. The van der Waals surface area contributed by atoms with Crippen LogP contribution in [0.4, 0.5) is 0 Å². The van der Waals surface area contributed by atoms with Gasteiger partial charge in [0.15, 0.2) is 0 Å². The molecule has 1 aromatic rings. The molecular formula is C13H15. The van der Waals surface area contributed by atoms with E-state index >= 15 is 0 Å². The van der Waals surface area contributed by atoms with Crippen molar-refractivity contribution in [1.29, 1.82) is 0 Å². The summed E-state index contributed by atoms with van der Waals surface area (Å²) in [4.78, 5) is 0. The van der Waals surface area contributed by atoms with Crippen molar-refractivity contribution in [2.75, 3.05) is 0 Å². The topological polar surface area (TPSA) is 0 Å². The summed E-state index contributed by atoms with van der Waals surface area (Å²) < 4.78 is 0. The van der Waals surface area contributed by atoms with Crippen molar-refractivity contribution < 1.29 is 0 Å². The maximum atomic E-state index is 3.68. The Morgan fingerprint density at radius 2 is 2.23 bits per heavy atom. The van der Waals surface area contributed by atoms with Crippen LogP contribution in [0.2, 0.25) is 0 Å². The van der Waals surface area contributed by atoms with Gasteiger partial charge < -0.3 is 0 Å². The van der Waals surface area contributed by atoms with Gasteiger partial charge in [0.25, 0.3) is 0 Å². The van der Waals surface area contributed by atoms with Crippen LogP contribution in [0.5, 0.6) is 0 Å². The molecule has 1 aliphatic carbocycles. The predicted molar refractivity (Wildman–Crippen MR) is 55.8 cm³/mol. The summed E-state index contributed by atoms with van der Waals surface area (Å²) in [5.74, 6) is 0.836. The highest BCUT2D eigenvalue weighted by Crippen LogP contribution is 2.42. The third-order valence-corrected chi connectivity index (χ3v) is 2.75. The van der Waals surface area contributed by atoms with Gasteiger partial charge in [-0.3, -0.25) is 0 Å². The normalized spacial score (nSPS) is 15.8. The first-order valence-electron chi connectivity index (χ1n) is 5.01. The van der Waals surface area contributed by atoms with E-state index in [-0.39, 0.29) is 0 Å². The van der Waals surface area contributed by atoms with Gasteiger partial charge in [-0.15, -0.1) is 0 Å². The van der Waals surface area contributed by atoms with E-state index in [9.17, 15) is 0 Å². The van der Waals surface area contributed by atoms with Crippen LogP contribution in [-0.4, -0.2) is 0 Å². The van der Waals surface area contributed by atoms with Crippen molar-refractivity contribution in [2.45, 2.75) is 32.1 Å². The van der Waals surface area contributed by atoms with E-state index in [0.29, 0.717) is 0 Å². The first-order valence-corrected chi connectivity index (χ1v) is 5.01. The molecule has 13 heavy (non-hydrogen) atoms. The highest BCUT2D eigenvalue weighted by atomic mass is 14.3. The van der Waals surface area contributed by atoms with Crippen molar-refractivity contribution in [2.24, 2.45) is 0 Å². The number of benzene rings is 1. The predicted octanol–water partition coefficient (Wildman–Crippen LogP) is 3.46. The zero-order valence-corrected chi connectivity index (χ0v) is 8.14. The number of hydrogen-bond donors (Lipinski definition) is 0. The SMILES string of the molecule is C=[C]c1ccc(CC)c(C2CC2)c1. The van der Waals surface area contributed by atoms with E-state index in [0.717, 1.165) is 17.9 Å². The molecule has 67 valence electrons. The second kappa shape index (κ2) is 3.37. The Hall–Kier alpha value is -1.04. The van der Waals surface area contributed by atoms with E-state index in [1.807, 2.05) is 0 Å². The van der Waals surface area contributed by atoms with E-state index in [1.165, 1.54) is 24.0 Å². The second-order valence-electron chi connectivity index (χ2n) is 3.72. The molecule has 0 unspecified atom stereocenters. The molecule has 0 bridgehead atoms. The van der Waals surface area contributed by atoms with Crippen molar-refractivity contribution in [3.05, 3.63) is 47.5 Å². The molecule has 0 spiro atoms. The molecule has 1 aromatic carbocycles. The lowest BCUT2D eigenvalue weighted by molar-refractivity contribution is 1.03. The Morgan fingerprint density at radius 3 is 2.77 bits per heavy atom. The first kappa shape index (κ1) is 8.55. The first-order chi connectivity index (χ1) is 6.35. The highest BCUT2D eigenvalue weighted by Gasteiger charge is 2.25. The Kier molecular flexibility index (Phi) is 2.22. The van der Waals surface area contributed by atoms with Crippen LogP contribution < -0.4 is 0 Å². The van der Waals surface area contributed by atoms with Gasteiger partial charge in [-0.05, 0) is 47.9 Å². The molecule has 0 heteroatoms. The largest absolute Gasteiger partial charge is 0.0906 e. The fraction of sp³-hybridized carbons (Fsp3) is 0.385. The molecule has 0 amide bonds. The summed E-state index contributed by atoms with van der Waals surface area (Å²) >= 11 is 0. The molecule has 1 fully saturated rings. The quantitative estimate of drug-likeness (QED) is 0.653. The zero-order chi connectivity index (χ0) is 9.26. The Labute approximate surface area is 80.3 Å². The second-order valence-corrected chi connectivity index (χ2v) is 3.72. The van der Waals surface area contributed by atoms with Crippen molar-refractivity contribution in [1.82, 2.24) is 0 Å². The standard InChI is InChI=1S/C13H15/c1-3-10-5-6-11(4-2)13(9-10)12-7-8-12/h5-6,9,12H,1,4,7-8H2,2H3. The van der Waals surface area contributed by atoms with Crippen LogP contribution in [0.3, 0.4) is 0 Å². The minimum Gasteiger partial charge on any atom is -0.0906 e. The number of aryl methyl sites for hydroxylation is 1. The molecule has 1 aliphatic rings. The van der Waals surface area contributed by atoms with E-state index in [1.54, 1.807) is 0 Å². The van der Waals surface area contributed by atoms with Crippen molar-refractivity contribution in [3.63, 3.8) is 0 Å². The highest BCUT2D eigenvalue weighted by molar-refractivity contribution is 5.38. The third kappa shape index (κ3) is 1.67. The van der Waals surface area contributed by atoms with Crippen LogP contribution in [0.25, 0.3) is 0 Å². The fourth-order valence-corrected chi connectivity index (χ4v) is 1.80. The third-order valence-electron chi connectivity index (χ3n) is 2.75. The smallest absolute Gasteiger partial charge is 0.0159 e. The Bertz CT molecular complexity index is 319. The monoisotopic (exact) mass is 171 g/mol. The lowest BCUT2D eigenvalue weighted by Crippen LogP contribution is -1.91. The van der Waals surface area contributed by atoms with Crippen molar-refractivity contribution >= 4 is 0 Å². The lowest BCUT2D eigenvalue weighted by atomic mass is 9.98. The molecular weight excluding hydrogens is 156 g/mol. The van der Waals surface area contributed by atoms with Crippen molar-refractivity contribution in [3.8, 4) is 0 Å². The molecule has 0 atom stereocenters. The van der Waals surface area contributed by atoms with Gasteiger partial charge in [-0.2, -0.15) is 0 Å². The van der Waals surface area contributed by atoms with Crippen LogP contribution >= 0.6 is 0 Å². The summed E-state index contributed by atoms with van der Waals surface area (Å²) in [6, 6.07) is 6.59. The van der Waals surface area contributed by atoms with E-state index in [2.05, 4.69) is 37.8 Å². The van der Waals surface area contributed by atoms with Crippen LogP contribution in [-0.2, 0) is 6.42 Å². The average Bonchev–Trinajstić information content (AvgIpc) is 3.00. The number of hydrogen-bond acceptors (Lipinski definition) is 0. The summed E-state index contributed by atoms with van der Waals surface area (Å²) in [7, 11) is 0. The molecule has 0 aromatic heterocycles. The molecule has 1 radical (unpaired) electrons. The average molecular weight is 171 g/mol. The fourth-order valence-electron chi connectivity index (χ4n) is 1.80. The molecule has 1 saturated carbocycles. The number of rotatable bonds is 3. The van der Waals surface area contributed by atoms with Crippen LogP contribution in [0, 0.1) is 6.08 Å². The summed E-state index contributed by atoms with van der Waals surface area (Å²) in [6.45, 7) is 5.90. The van der Waals surface area contributed by atoms with Gasteiger partial charge >= 0.3 is 0 Å². The van der Waals surface area contributed by atoms with Crippen LogP contribution in [0.15, 0.2) is 24.8 Å². The van der Waals surface area contributed by atoms with E-state index < -0.39 is 0 Å². The minimum atomic E-state index is 0.836. The summed E-state index contributed by atoms with van der Waals surface area (Å²) in [5.41, 5.74) is 4.18. The van der Waals surface area contributed by atoms with Gasteiger partial charge in [0.2, 0.25) is 0 Å². The molecule has 0 aliphatic heterocycles. The van der Waals surface area contributed by atoms with Crippen LogP contribution in [0.1, 0.15) is 42.4 Å². The lowest BCUT2D eigenvalue weighted by Gasteiger charge is -2.07. The summed E-state index contributed by atoms with van der Waals surface area (Å²) in [5, 5.41) is 0. The molecule has 2 rings (SSSR count). The van der Waals surface area contributed by atoms with Gasteiger partial charge in [0.1, 0.15) is 0 Å². The van der Waals surface area contributed by atoms with Gasteiger partial charge in [0, 0.05) is 0 Å². The Morgan fingerprint density at radius 1 is 1.46 bits per heavy atom. The van der Waals surface area contributed by atoms with E-state index in [4.69, 9.17) is 0 Å². The minimum absolute atomic E-state index is 0.836. The molecule has 0 saturated heterocycles.